The standard InChI is InChI=1S/C14H14N4OS/c1-10-5-6-12(19-2)11(8-10)9-18-16-14(15-17-18)13-4-3-7-20-13/h3-8H,9H2,1-2H3. The van der Waals surface area contributed by atoms with E-state index < -0.39 is 0 Å². The summed E-state index contributed by atoms with van der Waals surface area (Å²) in [6.45, 7) is 2.60. The van der Waals surface area contributed by atoms with Gasteiger partial charge in [0.2, 0.25) is 5.82 Å². The van der Waals surface area contributed by atoms with Gasteiger partial charge in [0, 0.05) is 5.56 Å². The van der Waals surface area contributed by atoms with Crippen LogP contribution < -0.4 is 4.74 Å². The molecule has 2 heterocycles. The number of aryl methyl sites for hydroxylation is 1. The summed E-state index contributed by atoms with van der Waals surface area (Å²) in [5.74, 6) is 1.50. The topological polar surface area (TPSA) is 52.8 Å². The number of thiophene rings is 1. The summed E-state index contributed by atoms with van der Waals surface area (Å²) in [6, 6.07) is 10.0. The van der Waals surface area contributed by atoms with E-state index in [9.17, 15) is 0 Å². The molecule has 2 aromatic heterocycles. The highest BCUT2D eigenvalue weighted by Gasteiger charge is 2.09. The molecule has 0 atom stereocenters. The van der Waals surface area contributed by atoms with E-state index in [1.807, 2.05) is 29.6 Å². The molecule has 0 N–H and O–H groups in total. The van der Waals surface area contributed by atoms with Crippen LogP contribution in [0.1, 0.15) is 11.1 Å². The van der Waals surface area contributed by atoms with Crippen LogP contribution in [-0.2, 0) is 6.54 Å². The van der Waals surface area contributed by atoms with E-state index >= 15 is 0 Å². The Labute approximate surface area is 120 Å². The molecule has 0 aliphatic heterocycles. The maximum atomic E-state index is 5.36. The van der Waals surface area contributed by atoms with Crippen LogP contribution in [-0.4, -0.2) is 27.3 Å². The highest BCUT2D eigenvalue weighted by atomic mass is 32.1. The van der Waals surface area contributed by atoms with Crippen LogP contribution >= 0.6 is 11.3 Å². The third-order valence-electron chi connectivity index (χ3n) is 2.94. The molecule has 6 heteroatoms. The normalized spacial score (nSPS) is 10.7. The third kappa shape index (κ3) is 2.55. The molecule has 0 unspecified atom stereocenters. The molecule has 0 fully saturated rings. The summed E-state index contributed by atoms with van der Waals surface area (Å²) in [6.07, 6.45) is 0. The van der Waals surface area contributed by atoms with Crippen LogP contribution in [0.3, 0.4) is 0 Å². The molecule has 5 nitrogen and oxygen atoms in total. The molecule has 0 amide bonds. The second kappa shape index (κ2) is 5.42. The molecule has 102 valence electrons. The molecule has 0 aliphatic rings. The molecule has 0 saturated carbocycles. The van der Waals surface area contributed by atoms with Gasteiger partial charge in [-0.15, -0.1) is 21.5 Å². The lowest BCUT2D eigenvalue weighted by Gasteiger charge is -2.08. The number of hydrogen-bond donors (Lipinski definition) is 0. The fourth-order valence-electron chi connectivity index (χ4n) is 2.00. The van der Waals surface area contributed by atoms with Gasteiger partial charge in [0.25, 0.3) is 0 Å². The van der Waals surface area contributed by atoms with Crippen molar-refractivity contribution in [1.82, 2.24) is 20.2 Å². The average Bonchev–Trinajstić information content (AvgIpc) is 3.09. The lowest BCUT2D eigenvalue weighted by Crippen LogP contribution is -2.06. The first-order valence-electron chi connectivity index (χ1n) is 6.21. The summed E-state index contributed by atoms with van der Waals surface area (Å²) >= 11 is 1.60. The molecule has 0 radical (unpaired) electrons. The van der Waals surface area contributed by atoms with Crippen LogP contribution in [0, 0.1) is 6.92 Å². The number of methoxy groups -OCH3 is 1. The second-order valence-electron chi connectivity index (χ2n) is 4.44. The number of benzene rings is 1. The molecule has 0 saturated heterocycles. The predicted octanol–water partition coefficient (Wildman–Crippen LogP) is 2.77. The van der Waals surface area contributed by atoms with Crippen molar-refractivity contribution in [3.8, 4) is 16.5 Å². The molecular weight excluding hydrogens is 272 g/mol. The molecule has 3 rings (SSSR count). The van der Waals surface area contributed by atoms with Gasteiger partial charge >= 0.3 is 0 Å². The fraction of sp³-hybridized carbons (Fsp3) is 0.214. The Balaban J connectivity index is 1.87. The highest BCUT2D eigenvalue weighted by Crippen LogP contribution is 2.22. The first-order valence-corrected chi connectivity index (χ1v) is 7.09. The number of rotatable bonds is 4. The Morgan fingerprint density at radius 1 is 1.30 bits per heavy atom. The molecule has 1 aromatic carbocycles. The lowest BCUT2D eigenvalue weighted by molar-refractivity contribution is 0.405. The van der Waals surface area contributed by atoms with Crippen LogP contribution in [0.5, 0.6) is 5.75 Å². The molecular formula is C14H14N4OS. The van der Waals surface area contributed by atoms with Crippen molar-refractivity contribution in [2.75, 3.05) is 7.11 Å². The Morgan fingerprint density at radius 3 is 2.95 bits per heavy atom. The van der Waals surface area contributed by atoms with Crippen molar-refractivity contribution in [3.05, 3.63) is 46.8 Å². The Morgan fingerprint density at radius 2 is 2.20 bits per heavy atom. The number of aromatic nitrogens is 4. The second-order valence-corrected chi connectivity index (χ2v) is 5.38. The molecule has 0 spiro atoms. The van der Waals surface area contributed by atoms with Gasteiger partial charge in [-0.3, -0.25) is 0 Å². The molecule has 0 aliphatic carbocycles. The number of nitrogens with zero attached hydrogens (tertiary/aromatic N) is 4. The predicted molar refractivity (Wildman–Crippen MR) is 78.0 cm³/mol. The minimum Gasteiger partial charge on any atom is -0.496 e. The monoisotopic (exact) mass is 286 g/mol. The van der Waals surface area contributed by atoms with Gasteiger partial charge in [0.05, 0.1) is 18.5 Å². The maximum absolute atomic E-state index is 5.36. The average molecular weight is 286 g/mol. The smallest absolute Gasteiger partial charge is 0.214 e. The third-order valence-corrected chi connectivity index (χ3v) is 3.81. The van der Waals surface area contributed by atoms with Gasteiger partial charge < -0.3 is 4.74 Å². The van der Waals surface area contributed by atoms with Crippen molar-refractivity contribution in [3.63, 3.8) is 0 Å². The molecule has 20 heavy (non-hydrogen) atoms. The van der Waals surface area contributed by atoms with Crippen LogP contribution in [0.2, 0.25) is 0 Å². The van der Waals surface area contributed by atoms with E-state index in [1.165, 1.54) is 5.56 Å². The fourth-order valence-corrected chi connectivity index (χ4v) is 2.65. The van der Waals surface area contributed by atoms with Crippen molar-refractivity contribution in [2.45, 2.75) is 13.5 Å². The van der Waals surface area contributed by atoms with Crippen LogP contribution in [0.25, 0.3) is 10.7 Å². The Kier molecular flexibility index (Phi) is 3.47. The van der Waals surface area contributed by atoms with Gasteiger partial charge in [-0.2, -0.15) is 4.80 Å². The Bertz CT molecular complexity index is 706. The first-order chi connectivity index (χ1) is 9.76. The number of ether oxygens (including phenoxy) is 1. The van der Waals surface area contributed by atoms with Gasteiger partial charge in [0.1, 0.15) is 5.75 Å². The van der Waals surface area contributed by atoms with E-state index in [-0.39, 0.29) is 0 Å². The minimum absolute atomic E-state index is 0.545. The molecule has 3 aromatic rings. The summed E-state index contributed by atoms with van der Waals surface area (Å²) in [7, 11) is 1.67. The lowest BCUT2D eigenvalue weighted by atomic mass is 10.1. The zero-order valence-electron chi connectivity index (χ0n) is 11.3. The zero-order chi connectivity index (χ0) is 13.9. The summed E-state index contributed by atoms with van der Waals surface area (Å²) in [5, 5.41) is 14.6. The van der Waals surface area contributed by atoms with Crippen LogP contribution in [0.4, 0.5) is 0 Å². The maximum Gasteiger partial charge on any atom is 0.214 e. The summed E-state index contributed by atoms with van der Waals surface area (Å²) in [4.78, 5) is 2.61. The minimum atomic E-state index is 0.545. The SMILES string of the molecule is COc1ccc(C)cc1Cn1nnc(-c2cccs2)n1. The zero-order valence-corrected chi connectivity index (χ0v) is 12.1. The number of hydrogen-bond acceptors (Lipinski definition) is 5. The number of tetrazole rings is 1. The van der Waals surface area contributed by atoms with Gasteiger partial charge in [-0.1, -0.05) is 23.8 Å². The van der Waals surface area contributed by atoms with Gasteiger partial charge in [-0.25, -0.2) is 0 Å². The van der Waals surface area contributed by atoms with Gasteiger partial charge in [0.15, 0.2) is 0 Å². The molecule has 0 bridgehead atoms. The van der Waals surface area contributed by atoms with E-state index in [4.69, 9.17) is 4.74 Å². The van der Waals surface area contributed by atoms with Gasteiger partial charge in [-0.05, 0) is 29.6 Å². The summed E-state index contributed by atoms with van der Waals surface area (Å²) < 4.78 is 5.36. The van der Waals surface area contributed by atoms with E-state index in [1.54, 1.807) is 23.2 Å². The van der Waals surface area contributed by atoms with E-state index in [0.29, 0.717) is 12.4 Å². The van der Waals surface area contributed by atoms with E-state index in [2.05, 4.69) is 28.4 Å². The van der Waals surface area contributed by atoms with Crippen molar-refractivity contribution < 1.29 is 4.74 Å². The first kappa shape index (κ1) is 12.8. The van der Waals surface area contributed by atoms with Crippen LogP contribution in [0.15, 0.2) is 35.7 Å². The van der Waals surface area contributed by atoms with Crippen molar-refractivity contribution in [1.29, 1.82) is 0 Å². The summed E-state index contributed by atoms with van der Waals surface area (Å²) in [5.41, 5.74) is 2.22. The quantitative estimate of drug-likeness (QED) is 0.740. The van der Waals surface area contributed by atoms with Crippen molar-refractivity contribution in [2.24, 2.45) is 0 Å². The Hall–Kier alpha value is -2.21. The van der Waals surface area contributed by atoms with E-state index in [0.717, 1.165) is 16.2 Å². The largest absolute Gasteiger partial charge is 0.496 e. The van der Waals surface area contributed by atoms with Crippen molar-refractivity contribution >= 4 is 11.3 Å². The highest BCUT2D eigenvalue weighted by molar-refractivity contribution is 7.13.